The molecule has 0 aliphatic heterocycles. The van der Waals surface area contributed by atoms with Gasteiger partial charge in [-0.25, -0.2) is 8.42 Å². The summed E-state index contributed by atoms with van der Waals surface area (Å²) in [5, 5.41) is 0. The normalized spacial score (nSPS) is 11.4. The van der Waals surface area contributed by atoms with Crippen molar-refractivity contribution in [3.05, 3.63) is 52.4 Å². The Balaban J connectivity index is 2.26. The molecule has 0 unspecified atom stereocenters. The largest absolute Gasteiger partial charge is 0.457 e. The summed E-state index contributed by atoms with van der Waals surface area (Å²) in [5.74, 6) is 0.110. The van der Waals surface area contributed by atoms with Gasteiger partial charge in [0.2, 0.25) is 0 Å². The van der Waals surface area contributed by atoms with Crippen molar-refractivity contribution >= 4 is 32.1 Å². The molecular weight excluding hydrogens is 320 g/mol. The number of halogens is 1. The highest BCUT2D eigenvalue weighted by Gasteiger charge is 2.17. The summed E-state index contributed by atoms with van der Waals surface area (Å²) in [6.45, 7) is 0. The quantitative estimate of drug-likeness (QED) is 0.809. The Bertz CT molecular complexity index is 656. The number of sulfone groups is 1. The van der Waals surface area contributed by atoms with Crippen molar-refractivity contribution in [3.63, 3.8) is 0 Å². The Morgan fingerprint density at radius 2 is 1.78 bits per heavy atom. The Morgan fingerprint density at radius 1 is 1.11 bits per heavy atom. The molecular formula is C12H9BrO4S. The van der Waals surface area contributed by atoms with Crippen LogP contribution in [0.15, 0.2) is 50.2 Å². The summed E-state index contributed by atoms with van der Waals surface area (Å²) in [6, 6.07) is 9.28. The maximum Gasteiger partial charge on any atom is 0.185 e. The zero-order valence-corrected chi connectivity index (χ0v) is 11.6. The molecule has 1 aromatic heterocycles. The van der Waals surface area contributed by atoms with Gasteiger partial charge in [-0.2, -0.15) is 0 Å². The molecule has 0 N–H and O–H groups in total. The molecule has 0 saturated heterocycles. The standard InChI is InChI=1S/C12H9BrO4S/c13-9-1-5-12(6-2-9)18(15,16)8-11-4-3-10(7-14)17-11/h1-7H,8H2. The average Bonchev–Trinajstić information content (AvgIpc) is 2.76. The third-order valence-corrected chi connectivity index (χ3v) is 4.49. The number of hydrogen-bond acceptors (Lipinski definition) is 4. The molecule has 18 heavy (non-hydrogen) atoms. The molecule has 2 aromatic rings. The molecule has 4 nitrogen and oxygen atoms in total. The highest BCUT2D eigenvalue weighted by molar-refractivity contribution is 9.10. The van der Waals surface area contributed by atoms with Crippen molar-refractivity contribution in [2.24, 2.45) is 0 Å². The first kappa shape index (κ1) is 13.0. The number of aldehydes is 1. The van der Waals surface area contributed by atoms with Gasteiger partial charge in [-0.05, 0) is 36.4 Å². The Hall–Kier alpha value is -1.40. The second-order valence-electron chi connectivity index (χ2n) is 3.63. The van der Waals surface area contributed by atoms with Gasteiger partial charge in [0.1, 0.15) is 11.5 Å². The second-order valence-corrected chi connectivity index (χ2v) is 6.54. The van der Waals surface area contributed by atoms with Crippen LogP contribution < -0.4 is 0 Å². The smallest absolute Gasteiger partial charge is 0.185 e. The molecule has 1 heterocycles. The van der Waals surface area contributed by atoms with Crippen LogP contribution in [0.4, 0.5) is 0 Å². The van der Waals surface area contributed by atoms with Crippen LogP contribution in [0.5, 0.6) is 0 Å². The Labute approximate surface area is 113 Å². The zero-order valence-electron chi connectivity index (χ0n) is 9.17. The van der Waals surface area contributed by atoms with E-state index in [9.17, 15) is 13.2 Å². The lowest BCUT2D eigenvalue weighted by molar-refractivity contribution is 0.109. The van der Waals surface area contributed by atoms with Crippen LogP contribution in [-0.2, 0) is 15.6 Å². The maximum atomic E-state index is 12.0. The van der Waals surface area contributed by atoms with E-state index in [0.29, 0.717) is 6.29 Å². The van der Waals surface area contributed by atoms with Crippen LogP contribution >= 0.6 is 15.9 Å². The molecule has 0 amide bonds. The number of hydrogen-bond donors (Lipinski definition) is 0. The lowest BCUT2D eigenvalue weighted by atomic mass is 10.4. The van der Waals surface area contributed by atoms with E-state index in [-0.39, 0.29) is 22.2 Å². The van der Waals surface area contributed by atoms with Crippen molar-refractivity contribution in [1.29, 1.82) is 0 Å². The fourth-order valence-corrected chi connectivity index (χ4v) is 2.96. The molecule has 0 spiro atoms. The molecule has 0 atom stereocenters. The molecule has 0 aliphatic carbocycles. The van der Waals surface area contributed by atoms with Crippen LogP contribution in [-0.4, -0.2) is 14.7 Å². The van der Waals surface area contributed by atoms with E-state index in [2.05, 4.69) is 15.9 Å². The molecule has 0 bridgehead atoms. The van der Waals surface area contributed by atoms with Gasteiger partial charge in [0, 0.05) is 4.47 Å². The predicted molar refractivity (Wildman–Crippen MR) is 69.1 cm³/mol. The van der Waals surface area contributed by atoms with E-state index in [1.165, 1.54) is 24.3 Å². The van der Waals surface area contributed by atoms with Crippen LogP contribution in [0.1, 0.15) is 16.3 Å². The first-order chi connectivity index (χ1) is 8.51. The summed E-state index contributed by atoms with van der Waals surface area (Å²) >= 11 is 3.24. The van der Waals surface area contributed by atoms with Crippen LogP contribution in [0.2, 0.25) is 0 Å². The predicted octanol–water partition coefficient (Wildman–Crippen LogP) is 2.83. The third-order valence-electron chi connectivity index (χ3n) is 2.30. The number of benzene rings is 1. The zero-order chi connectivity index (χ0) is 13.2. The third kappa shape index (κ3) is 2.88. The molecule has 0 fully saturated rings. The monoisotopic (exact) mass is 328 g/mol. The lowest BCUT2D eigenvalue weighted by Crippen LogP contribution is -2.04. The van der Waals surface area contributed by atoms with Gasteiger partial charge >= 0.3 is 0 Å². The van der Waals surface area contributed by atoms with Crippen LogP contribution in [0.3, 0.4) is 0 Å². The van der Waals surface area contributed by atoms with Gasteiger partial charge in [0.15, 0.2) is 21.9 Å². The van der Waals surface area contributed by atoms with E-state index < -0.39 is 9.84 Å². The minimum Gasteiger partial charge on any atom is -0.457 e. The molecule has 0 radical (unpaired) electrons. The van der Waals surface area contributed by atoms with Crippen molar-refractivity contribution in [2.75, 3.05) is 0 Å². The van der Waals surface area contributed by atoms with Crippen molar-refractivity contribution in [2.45, 2.75) is 10.6 Å². The first-order valence-electron chi connectivity index (χ1n) is 5.03. The van der Waals surface area contributed by atoms with E-state index >= 15 is 0 Å². The molecule has 94 valence electrons. The van der Waals surface area contributed by atoms with E-state index in [4.69, 9.17) is 4.42 Å². The molecule has 2 rings (SSSR count). The fourth-order valence-electron chi connectivity index (χ4n) is 1.45. The number of carbonyl (C=O) groups excluding carboxylic acids is 1. The van der Waals surface area contributed by atoms with E-state index in [1.54, 1.807) is 12.1 Å². The van der Waals surface area contributed by atoms with Gasteiger partial charge in [-0.1, -0.05) is 15.9 Å². The SMILES string of the molecule is O=Cc1ccc(CS(=O)(=O)c2ccc(Br)cc2)o1. The summed E-state index contributed by atoms with van der Waals surface area (Å²) in [7, 11) is -3.46. The molecule has 0 saturated carbocycles. The van der Waals surface area contributed by atoms with Gasteiger partial charge in [0.05, 0.1) is 4.90 Å². The van der Waals surface area contributed by atoms with Crippen molar-refractivity contribution in [1.82, 2.24) is 0 Å². The minimum absolute atomic E-state index is 0.121. The Kier molecular flexibility index (Phi) is 3.68. The molecule has 6 heteroatoms. The second kappa shape index (κ2) is 5.07. The summed E-state index contributed by atoms with van der Waals surface area (Å²) in [5.41, 5.74) is 0. The minimum atomic E-state index is -3.46. The van der Waals surface area contributed by atoms with Gasteiger partial charge < -0.3 is 4.42 Å². The van der Waals surface area contributed by atoms with E-state index in [1.807, 2.05) is 0 Å². The number of furan rings is 1. The molecule has 0 aliphatic rings. The lowest BCUT2D eigenvalue weighted by Gasteiger charge is -2.02. The van der Waals surface area contributed by atoms with Crippen molar-refractivity contribution in [3.8, 4) is 0 Å². The van der Waals surface area contributed by atoms with Crippen molar-refractivity contribution < 1.29 is 17.6 Å². The van der Waals surface area contributed by atoms with E-state index in [0.717, 1.165) is 4.47 Å². The number of rotatable bonds is 4. The summed E-state index contributed by atoms with van der Waals surface area (Å²) in [6.07, 6.45) is 0.537. The van der Waals surface area contributed by atoms with Gasteiger partial charge in [-0.15, -0.1) is 0 Å². The van der Waals surface area contributed by atoms with Crippen LogP contribution in [0.25, 0.3) is 0 Å². The number of carbonyl (C=O) groups is 1. The van der Waals surface area contributed by atoms with Crippen LogP contribution in [0, 0.1) is 0 Å². The average molecular weight is 329 g/mol. The first-order valence-corrected chi connectivity index (χ1v) is 7.48. The summed E-state index contributed by atoms with van der Waals surface area (Å²) in [4.78, 5) is 10.7. The van der Waals surface area contributed by atoms with Gasteiger partial charge in [0.25, 0.3) is 0 Å². The highest BCUT2D eigenvalue weighted by atomic mass is 79.9. The fraction of sp³-hybridized carbons (Fsp3) is 0.0833. The maximum absolute atomic E-state index is 12.0. The topological polar surface area (TPSA) is 64.3 Å². The summed E-state index contributed by atoms with van der Waals surface area (Å²) < 4.78 is 30.0. The van der Waals surface area contributed by atoms with Gasteiger partial charge in [-0.3, -0.25) is 4.79 Å². The Morgan fingerprint density at radius 3 is 2.33 bits per heavy atom. The highest BCUT2D eigenvalue weighted by Crippen LogP contribution is 2.20. The molecule has 1 aromatic carbocycles.